The van der Waals surface area contributed by atoms with E-state index in [4.69, 9.17) is 0 Å². The van der Waals surface area contributed by atoms with Crippen molar-refractivity contribution in [2.24, 2.45) is 5.41 Å². The lowest BCUT2D eigenvalue weighted by Crippen LogP contribution is -2.49. The molecule has 0 aromatic rings. The van der Waals surface area contributed by atoms with Gasteiger partial charge in [0, 0.05) is 18.3 Å². The summed E-state index contributed by atoms with van der Waals surface area (Å²) in [6.07, 6.45) is 5.32. The number of amides is 2. The van der Waals surface area contributed by atoms with Crippen LogP contribution in [0.1, 0.15) is 38.5 Å². The van der Waals surface area contributed by atoms with E-state index in [2.05, 4.69) is 10.6 Å². The van der Waals surface area contributed by atoms with Gasteiger partial charge in [-0.15, -0.1) is 0 Å². The highest BCUT2D eigenvalue weighted by Crippen LogP contribution is 2.35. The Kier molecular flexibility index (Phi) is 4.96. The predicted octanol–water partition coefficient (Wildman–Crippen LogP) is 1.83. The molecular weight excluding hydrogens is 264 g/mol. The average Bonchev–Trinajstić information content (AvgIpc) is 2.90. The van der Waals surface area contributed by atoms with Gasteiger partial charge in [0.15, 0.2) is 0 Å². The fraction of sp³-hybridized carbons (Fsp3) is 0.846. The van der Waals surface area contributed by atoms with Gasteiger partial charge in [0.2, 0.25) is 0 Å². The fourth-order valence-electron chi connectivity index (χ4n) is 2.83. The van der Waals surface area contributed by atoms with Crippen LogP contribution in [0.2, 0.25) is 0 Å². The second-order valence-corrected chi connectivity index (χ2v) is 6.68. The Bertz CT molecular complexity index is 337. The van der Waals surface area contributed by atoms with E-state index in [1.165, 1.54) is 0 Å². The van der Waals surface area contributed by atoms with Gasteiger partial charge < -0.3 is 15.7 Å². The Labute approximate surface area is 117 Å². The summed E-state index contributed by atoms with van der Waals surface area (Å²) in [5, 5.41) is 15.1. The molecule has 1 atom stereocenters. The summed E-state index contributed by atoms with van der Waals surface area (Å²) in [6, 6.07) is 0.0100. The summed E-state index contributed by atoms with van der Waals surface area (Å²) in [7, 11) is 0. The lowest BCUT2D eigenvalue weighted by atomic mass is 9.74. The molecule has 0 spiro atoms. The summed E-state index contributed by atoms with van der Waals surface area (Å²) >= 11 is 1.84. The highest BCUT2D eigenvalue weighted by Gasteiger charge is 2.39. The number of nitrogens with one attached hydrogen (secondary N) is 2. The van der Waals surface area contributed by atoms with Crippen molar-refractivity contribution in [3.05, 3.63) is 0 Å². The zero-order chi connectivity index (χ0) is 13.7. The molecule has 0 radical (unpaired) electrons. The molecule has 1 saturated carbocycles. The molecule has 2 aliphatic rings. The van der Waals surface area contributed by atoms with Crippen molar-refractivity contribution in [3.63, 3.8) is 0 Å². The average molecular weight is 286 g/mol. The minimum Gasteiger partial charge on any atom is -0.481 e. The van der Waals surface area contributed by atoms with Gasteiger partial charge >= 0.3 is 12.0 Å². The summed E-state index contributed by atoms with van der Waals surface area (Å²) in [5.41, 5.74) is -0.750. The number of carbonyl (C=O) groups is 2. The minimum absolute atomic E-state index is 0.223. The van der Waals surface area contributed by atoms with Crippen LogP contribution in [0.15, 0.2) is 0 Å². The van der Waals surface area contributed by atoms with E-state index in [1.807, 2.05) is 11.8 Å². The monoisotopic (exact) mass is 286 g/mol. The Morgan fingerprint density at radius 2 is 2.00 bits per heavy atom. The largest absolute Gasteiger partial charge is 0.481 e. The van der Waals surface area contributed by atoms with Gasteiger partial charge in [-0.2, -0.15) is 11.8 Å². The van der Waals surface area contributed by atoms with Crippen LogP contribution in [0.4, 0.5) is 4.79 Å². The molecule has 2 amide bonds. The molecule has 1 aliphatic heterocycles. The van der Waals surface area contributed by atoms with E-state index >= 15 is 0 Å². The van der Waals surface area contributed by atoms with Gasteiger partial charge in [-0.05, 0) is 25.0 Å². The van der Waals surface area contributed by atoms with Crippen molar-refractivity contribution in [3.8, 4) is 0 Å². The molecular formula is C13H22N2O3S. The van der Waals surface area contributed by atoms with Crippen molar-refractivity contribution >= 4 is 23.8 Å². The first-order valence-electron chi connectivity index (χ1n) is 6.98. The van der Waals surface area contributed by atoms with Gasteiger partial charge in [0.05, 0.1) is 5.41 Å². The van der Waals surface area contributed by atoms with Crippen LogP contribution in [0.5, 0.6) is 0 Å². The number of carboxylic acids is 1. The molecule has 1 unspecified atom stereocenters. The number of rotatable bonds is 4. The van der Waals surface area contributed by atoms with Crippen LogP contribution < -0.4 is 10.6 Å². The van der Waals surface area contributed by atoms with E-state index < -0.39 is 11.4 Å². The Hall–Kier alpha value is -0.910. The molecule has 2 rings (SSSR count). The predicted molar refractivity (Wildman–Crippen MR) is 75.4 cm³/mol. The van der Waals surface area contributed by atoms with Gasteiger partial charge in [-0.25, -0.2) is 4.79 Å². The molecule has 19 heavy (non-hydrogen) atoms. The van der Waals surface area contributed by atoms with Gasteiger partial charge in [-0.1, -0.05) is 19.3 Å². The third-order valence-electron chi connectivity index (χ3n) is 4.12. The number of hydrogen-bond acceptors (Lipinski definition) is 3. The smallest absolute Gasteiger partial charge is 0.315 e. The minimum atomic E-state index is -0.774. The highest BCUT2D eigenvalue weighted by atomic mass is 32.2. The first kappa shape index (κ1) is 14.5. The summed E-state index contributed by atoms with van der Waals surface area (Å²) in [6.45, 7) is 0.244. The summed E-state index contributed by atoms with van der Waals surface area (Å²) in [4.78, 5) is 23.2. The van der Waals surface area contributed by atoms with Crippen molar-refractivity contribution in [1.82, 2.24) is 10.6 Å². The van der Waals surface area contributed by atoms with E-state index in [0.717, 1.165) is 37.2 Å². The molecule has 108 valence electrons. The lowest BCUT2D eigenvalue weighted by Gasteiger charge is -2.33. The molecule has 3 N–H and O–H groups in total. The normalized spacial score (nSPS) is 25.8. The Morgan fingerprint density at radius 3 is 2.58 bits per heavy atom. The SMILES string of the molecule is O=C(NCC1(C(=O)O)CCCCC1)NC1CCSC1. The molecule has 0 aromatic heterocycles. The van der Waals surface area contributed by atoms with Crippen LogP contribution in [-0.2, 0) is 4.79 Å². The van der Waals surface area contributed by atoms with E-state index in [9.17, 15) is 14.7 Å². The standard InChI is InChI=1S/C13H22N2O3S/c16-11(17)13(5-2-1-3-6-13)9-14-12(18)15-10-4-7-19-8-10/h10H,1-9H2,(H,16,17)(H2,14,15,18). The lowest BCUT2D eigenvalue weighted by molar-refractivity contribution is -0.150. The van der Waals surface area contributed by atoms with E-state index in [1.54, 1.807) is 0 Å². The maximum atomic E-state index is 11.8. The fourth-order valence-corrected chi connectivity index (χ4v) is 3.98. The third kappa shape index (κ3) is 3.78. The van der Waals surface area contributed by atoms with Crippen LogP contribution in [0.25, 0.3) is 0 Å². The second-order valence-electron chi connectivity index (χ2n) is 5.53. The molecule has 2 fully saturated rings. The molecule has 5 nitrogen and oxygen atoms in total. The number of hydrogen-bond donors (Lipinski definition) is 3. The number of carbonyl (C=O) groups excluding carboxylic acids is 1. The summed E-state index contributed by atoms with van der Waals surface area (Å²) in [5.74, 6) is 1.27. The summed E-state index contributed by atoms with van der Waals surface area (Å²) < 4.78 is 0. The Morgan fingerprint density at radius 1 is 1.26 bits per heavy atom. The topological polar surface area (TPSA) is 78.4 Å². The number of urea groups is 1. The van der Waals surface area contributed by atoms with Gasteiger partial charge in [-0.3, -0.25) is 4.79 Å². The van der Waals surface area contributed by atoms with Crippen LogP contribution >= 0.6 is 11.8 Å². The van der Waals surface area contributed by atoms with Crippen molar-refractivity contribution < 1.29 is 14.7 Å². The zero-order valence-electron chi connectivity index (χ0n) is 11.1. The zero-order valence-corrected chi connectivity index (χ0v) is 11.9. The second kappa shape index (κ2) is 6.50. The van der Waals surface area contributed by atoms with Crippen LogP contribution in [0, 0.1) is 5.41 Å². The maximum Gasteiger partial charge on any atom is 0.315 e. The van der Waals surface area contributed by atoms with Crippen LogP contribution in [-0.4, -0.2) is 41.2 Å². The first-order chi connectivity index (χ1) is 9.12. The van der Waals surface area contributed by atoms with E-state index in [-0.39, 0.29) is 18.6 Å². The molecule has 1 saturated heterocycles. The van der Waals surface area contributed by atoms with E-state index in [0.29, 0.717) is 12.8 Å². The third-order valence-corrected chi connectivity index (χ3v) is 5.28. The molecule has 6 heteroatoms. The first-order valence-corrected chi connectivity index (χ1v) is 8.13. The molecule has 1 aliphatic carbocycles. The highest BCUT2D eigenvalue weighted by molar-refractivity contribution is 7.99. The molecule has 0 bridgehead atoms. The van der Waals surface area contributed by atoms with Crippen molar-refractivity contribution in [2.75, 3.05) is 18.1 Å². The van der Waals surface area contributed by atoms with Crippen molar-refractivity contribution in [2.45, 2.75) is 44.6 Å². The number of carboxylic acid groups (broad SMARTS) is 1. The maximum absolute atomic E-state index is 11.8. The molecule has 0 aromatic carbocycles. The Balaban J connectivity index is 1.81. The van der Waals surface area contributed by atoms with Crippen LogP contribution in [0.3, 0.4) is 0 Å². The van der Waals surface area contributed by atoms with Crippen molar-refractivity contribution in [1.29, 1.82) is 0 Å². The number of thioether (sulfide) groups is 1. The van der Waals surface area contributed by atoms with Gasteiger partial charge in [0.1, 0.15) is 0 Å². The number of aliphatic carboxylic acids is 1. The quantitative estimate of drug-likeness (QED) is 0.736. The molecule has 1 heterocycles. The van der Waals surface area contributed by atoms with Gasteiger partial charge in [0.25, 0.3) is 0 Å².